The zero-order valence-corrected chi connectivity index (χ0v) is 19.5. The van der Waals surface area contributed by atoms with Gasteiger partial charge in [0.1, 0.15) is 0 Å². The van der Waals surface area contributed by atoms with Crippen molar-refractivity contribution in [2.24, 2.45) is 0 Å². The van der Waals surface area contributed by atoms with Crippen molar-refractivity contribution in [3.05, 3.63) is 63.7 Å². The molecule has 0 heterocycles. The summed E-state index contributed by atoms with van der Waals surface area (Å²) in [4.78, 5) is 57.9. The third-order valence-electron chi connectivity index (χ3n) is 5.04. The molecule has 0 unspecified atom stereocenters. The van der Waals surface area contributed by atoms with Crippen molar-refractivity contribution in [3.63, 3.8) is 0 Å². The van der Waals surface area contributed by atoms with Gasteiger partial charge < -0.3 is 25.6 Å². The van der Waals surface area contributed by atoms with Crippen LogP contribution < -0.4 is 15.4 Å². The van der Waals surface area contributed by atoms with E-state index in [9.17, 15) is 61.5 Å². The molecule has 0 spiro atoms. The summed E-state index contributed by atoms with van der Waals surface area (Å²) in [6, 6.07) is 6.75. The van der Waals surface area contributed by atoms with Crippen LogP contribution in [-0.2, 0) is 20.8 Å². The van der Waals surface area contributed by atoms with Crippen LogP contribution in [0.5, 0.6) is 5.75 Å². The standard InChI is InChI=1S/C22H18F5N3O9/c1-11(31)28-14-5-2-12(3-6-14)9-20(18(33)34,19(35)36)29-17(32)13-4-7-15(30(37)38)16(8-13)39-10-21(23,24)22(25,26)27/h2-8H,9-10H2,1H3,(H,28,31)(H,29,32)(H,33,34)(H,35,36). The molecule has 0 aliphatic rings. The Bertz CT molecular complexity index is 1280. The minimum Gasteiger partial charge on any atom is -0.480 e. The van der Waals surface area contributed by atoms with Crippen LogP contribution in [0, 0.1) is 10.1 Å². The molecule has 210 valence electrons. The maximum atomic E-state index is 13.3. The summed E-state index contributed by atoms with van der Waals surface area (Å²) in [5.41, 5.74) is -4.53. The summed E-state index contributed by atoms with van der Waals surface area (Å²) in [6.07, 6.45) is -6.91. The Morgan fingerprint density at radius 3 is 2.00 bits per heavy atom. The molecule has 2 aromatic carbocycles. The van der Waals surface area contributed by atoms with Crippen molar-refractivity contribution >= 4 is 35.1 Å². The summed E-state index contributed by atoms with van der Waals surface area (Å²) in [6.45, 7) is -1.16. The number of amides is 2. The fraction of sp³-hybridized carbons (Fsp3) is 0.273. The van der Waals surface area contributed by atoms with Gasteiger partial charge in [0.25, 0.3) is 5.91 Å². The van der Waals surface area contributed by atoms with E-state index in [1.165, 1.54) is 31.2 Å². The number of hydrogen-bond acceptors (Lipinski definition) is 7. The third kappa shape index (κ3) is 7.14. The molecule has 0 saturated carbocycles. The molecule has 0 aliphatic carbocycles. The van der Waals surface area contributed by atoms with Crippen molar-refractivity contribution < 1.29 is 61.0 Å². The smallest absolute Gasteiger partial charge is 0.456 e. The molecule has 17 heteroatoms. The number of halogens is 5. The number of rotatable bonds is 11. The number of benzene rings is 2. The normalized spacial score (nSPS) is 11.8. The number of carbonyl (C=O) groups excluding carboxylic acids is 2. The SMILES string of the molecule is CC(=O)Nc1ccc(CC(NC(=O)c2ccc([N+](=O)[O-])c(OCC(F)(F)C(F)(F)F)c2)(C(=O)O)C(=O)O)cc1. The number of carboxylic acid groups (broad SMARTS) is 2. The van der Waals surface area contributed by atoms with Gasteiger partial charge in [0.15, 0.2) is 12.4 Å². The van der Waals surface area contributed by atoms with Crippen molar-refractivity contribution in [2.45, 2.75) is 31.0 Å². The highest BCUT2D eigenvalue weighted by Crippen LogP contribution is 2.37. The molecule has 2 aromatic rings. The molecule has 12 nitrogen and oxygen atoms in total. The first-order valence-electron chi connectivity index (χ1n) is 10.4. The van der Waals surface area contributed by atoms with Crippen LogP contribution in [0.3, 0.4) is 0 Å². The van der Waals surface area contributed by atoms with E-state index in [-0.39, 0.29) is 5.56 Å². The summed E-state index contributed by atoms with van der Waals surface area (Å²) in [5, 5.41) is 34.7. The summed E-state index contributed by atoms with van der Waals surface area (Å²) in [5.74, 6) is -12.6. The number of alkyl halides is 5. The van der Waals surface area contributed by atoms with Crippen molar-refractivity contribution in [3.8, 4) is 5.75 Å². The maximum Gasteiger partial charge on any atom is 0.456 e. The topological polar surface area (TPSA) is 185 Å². The average molecular weight is 563 g/mol. The largest absolute Gasteiger partial charge is 0.480 e. The zero-order valence-electron chi connectivity index (χ0n) is 19.5. The Balaban J connectivity index is 2.41. The first-order chi connectivity index (χ1) is 17.9. The number of nitrogens with zero attached hydrogens (tertiary/aromatic N) is 1. The Morgan fingerprint density at radius 1 is 0.974 bits per heavy atom. The Labute approximate surface area is 214 Å². The first kappa shape index (κ1) is 30.4. The number of aliphatic carboxylic acids is 2. The van der Waals surface area contributed by atoms with Gasteiger partial charge in [0.05, 0.1) is 4.92 Å². The highest BCUT2D eigenvalue weighted by atomic mass is 19.4. The van der Waals surface area contributed by atoms with Gasteiger partial charge in [-0.3, -0.25) is 19.7 Å². The summed E-state index contributed by atoms with van der Waals surface area (Å²) >= 11 is 0. The number of nitro benzene ring substituents is 1. The molecule has 39 heavy (non-hydrogen) atoms. The molecule has 0 saturated heterocycles. The van der Waals surface area contributed by atoms with E-state index in [0.717, 1.165) is 0 Å². The number of carboxylic acids is 2. The monoisotopic (exact) mass is 563 g/mol. The number of nitro groups is 1. The van der Waals surface area contributed by atoms with Crippen LogP contribution in [0.25, 0.3) is 0 Å². The van der Waals surface area contributed by atoms with E-state index >= 15 is 0 Å². The third-order valence-corrected chi connectivity index (χ3v) is 5.04. The lowest BCUT2D eigenvalue weighted by atomic mass is 9.90. The Kier molecular flexibility index (Phi) is 8.79. The van der Waals surface area contributed by atoms with Gasteiger partial charge in [-0.05, 0) is 23.8 Å². The average Bonchev–Trinajstić information content (AvgIpc) is 2.81. The molecular weight excluding hydrogens is 545 g/mol. The number of hydrogen-bond donors (Lipinski definition) is 4. The molecule has 2 amide bonds. The lowest BCUT2D eigenvalue weighted by Crippen LogP contribution is -2.61. The molecule has 0 fully saturated rings. The molecular formula is C22H18F5N3O9. The van der Waals surface area contributed by atoms with Gasteiger partial charge in [-0.25, -0.2) is 9.59 Å². The lowest BCUT2D eigenvalue weighted by Gasteiger charge is -2.26. The van der Waals surface area contributed by atoms with Crippen LogP contribution in [-0.4, -0.2) is 63.1 Å². The van der Waals surface area contributed by atoms with Crippen LogP contribution in [0.1, 0.15) is 22.8 Å². The first-order valence-corrected chi connectivity index (χ1v) is 10.4. The van der Waals surface area contributed by atoms with Crippen molar-refractivity contribution in [1.29, 1.82) is 0 Å². The highest BCUT2D eigenvalue weighted by Gasteiger charge is 2.58. The van der Waals surface area contributed by atoms with E-state index < -0.39 is 76.3 Å². The van der Waals surface area contributed by atoms with E-state index in [2.05, 4.69) is 10.1 Å². The summed E-state index contributed by atoms with van der Waals surface area (Å²) in [7, 11) is 0. The lowest BCUT2D eigenvalue weighted by molar-refractivity contribution is -0.386. The number of anilines is 1. The second-order valence-corrected chi connectivity index (χ2v) is 7.96. The van der Waals surface area contributed by atoms with Gasteiger partial charge in [0.2, 0.25) is 11.4 Å². The molecule has 0 aromatic heterocycles. The van der Waals surface area contributed by atoms with Gasteiger partial charge in [-0.15, -0.1) is 0 Å². The van der Waals surface area contributed by atoms with E-state index in [1.54, 1.807) is 5.32 Å². The fourth-order valence-corrected chi connectivity index (χ4v) is 3.05. The quantitative estimate of drug-likeness (QED) is 0.138. The van der Waals surface area contributed by atoms with E-state index in [1.807, 2.05) is 0 Å². The fourth-order valence-electron chi connectivity index (χ4n) is 3.05. The number of nitrogens with one attached hydrogen (secondary N) is 2. The maximum absolute atomic E-state index is 13.3. The number of ether oxygens (including phenoxy) is 1. The molecule has 0 radical (unpaired) electrons. The predicted octanol–water partition coefficient (Wildman–Crippen LogP) is 3.01. The molecule has 2 rings (SSSR count). The zero-order chi connectivity index (χ0) is 29.8. The van der Waals surface area contributed by atoms with Crippen LogP contribution >= 0.6 is 0 Å². The molecule has 4 N–H and O–H groups in total. The highest BCUT2D eigenvalue weighted by molar-refractivity contribution is 6.09. The van der Waals surface area contributed by atoms with E-state index in [0.29, 0.717) is 23.9 Å². The molecule has 0 bridgehead atoms. The van der Waals surface area contributed by atoms with Crippen molar-refractivity contribution in [1.82, 2.24) is 5.32 Å². The Hall–Kier alpha value is -4.83. The summed E-state index contributed by atoms with van der Waals surface area (Å²) < 4.78 is 68.1. The van der Waals surface area contributed by atoms with Gasteiger partial charge in [-0.1, -0.05) is 12.1 Å². The Morgan fingerprint density at radius 2 is 1.54 bits per heavy atom. The van der Waals surface area contributed by atoms with Crippen molar-refractivity contribution in [2.75, 3.05) is 11.9 Å². The van der Waals surface area contributed by atoms with Crippen LogP contribution in [0.15, 0.2) is 42.5 Å². The minimum atomic E-state index is -6.06. The predicted molar refractivity (Wildman–Crippen MR) is 120 cm³/mol. The van der Waals surface area contributed by atoms with Gasteiger partial charge in [0, 0.05) is 36.7 Å². The van der Waals surface area contributed by atoms with Crippen LogP contribution in [0.2, 0.25) is 0 Å². The molecule has 0 atom stereocenters. The second-order valence-electron chi connectivity index (χ2n) is 7.96. The second kappa shape index (κ2) is 11.3. The molecule has 0 aliphatic heterocycles. The number of carbonyl (C=O) groups is 4. The minimum absolute atomic E-state index is 0.0660. The van der Waals surface area contributed by atoms with E-state index in [4.69, 9.17) is 0 Å². The van der Waals surface area contributed by atoms with Gasteiger partial charge in [-0.2, -0.15) is 22.0 Å². The van der Waals surface area contributed by atoms with Gasteiger partial charge >= 0.3 is 29.7 Å². The van der Waals surface area contributed by atoms with Crippen LogP contribution in [0.4, 0.5) is 33.3 Å².